The lowest BCUT2D eigenvalue weighted by Gasteiger charge is -2.13. The minimum Gasteiger partial charge on any atom is -0.471 e. The van der Waals surface area contributed by atoms with Crippen molar-refractivity contribution in [2.75, 3.05) is 0 Å². The maximum absolute atomic E-state index is 14.5. The number of amides is 2. The van der Waals surface area contributed by atoms with Gasteiger partial charge in [0.15, 0.2) is 16.7 Å². The summed E-state index contributed by atoms with van der Waals surface area (Å²) in [5.74, 6) is -4.30. The molecule has 0 unspecified atom stereocenters. The SMILES string of the molecule is NC(=O)NCc1cc(F)c(-n2cnc(OCc3ccc(F)cc3F)c(Cl)c2=O)c(F)c1. The molecule has 3 rings (SSSR count). The molecule has 0 aliphatic rings. The summed E-state index contributed by atoms with van der Waals surface area (Å²) in [5.41, 5.74) is 3.14. The van der Waals surface area contributed by atoms with E-state index in [1.54, 1.807) is 0 Å². The minimum absolute atomic E-state index is 0.0271. The number of rotatable bonds is 6. The molecule has 0 bridgehead atoms. The van der Waals surface area contributed by atoms with Gasteiger partial charge in [0.1, 0.15) is 30.3 Å². The highest BCUT2D eigenvalue weighted by molar-refractivity contribution is 6.31. The van der Waals surface area contributed by atoms with Crippen LogP contribution in [-0.2, 0) is 13.2 Å². The molecule has 7 nitrogen and oxygen atoms in total. The summed E-state index contributed by atoms with van der Waals surface area (Å²) in [6, 6.07) is 3.72. The van der Waals surface area contributed by atoms with E-state index >= 15 is 0 Å². The van der Waals surface area contributed by atoms with E-state index < -0.39 is 58.1 Å². The van der Waals surface area contributed by atoms with Crippen LogP contribution in [0.15, 0.2) is 41.5 Å². The normalized spacial score (nSPS) is 10.7. The Labute approximate surface area is 177 Å². The van der Waals surface area contributed by atoms with Crippen molar-refractivity contribution in [1.29, 1.82) is 0 Å². The zero-order valence-corrected chi connectivity index (χ0v) is 16.2. The van der Waals surface area contributed by atoms with Crippen LogP contribution in [0.25, 0.3) is 5.69 Å². The molecule has 0 spiro atoms. The Morgan fingerprint density at radius 3 is 2.42 bits per heavy atom. The van der Waals surface area contributed by atoms with Crippen molar-refractivity contribution in [1.82, 2.24) is 14.9 Å². The Balaban J connectivity index is 1.88. The Morgan fingerprint density at radius 1 is 1.13 bits per heavy atom. The number of halogens is 5. The minimum atomic E-state index is -1.12. The fourth-order valence-corrected chi connectivity index (χ4v) is 2.80. The number of primary amides is 1. The Bertz CT molecular complexity index is 1200. The average molecular weight is 457 g/mol. The van der Waals surface area contributed by atoms with Gasteiger partial charge in [-0.05, 0) is 29.8 Å². The van der Waals surface area contributed by atoms with Crippen molar-refractivity contribution in [3.05, 3.63) is 86.4 Å². The van der Waals surface area contributed by atoms with Gasteiger partial charge in [0.25, 0.3) is 5.56 Å². The number of ether oxygens (including phenoxy) is 1. The van der Waals surface area contributed by atoms with Gasteiger partial charge in [-0.2, -0.15) is 0 Å². The molecule has 162 valence electrons. The molecule has 0 saturated heterocycles. The van der Waals surface area contributed by atoms with Crippen LogP contribution in [0.1, 0.15) is 11.1 Å². The third kappa shape index (κ3) is 4.94. The number of hydrogen-bond donors (Lipinski definition) is 2. The molecular weight excluding hydrogens is 444 g/mol. The smallest absolute Gasteiger partial charge is 0.312 e. The summed E-state index contributed by atoms with van der Waals surface area (Å²) < 4.78 is 61.3. The number of urea groups is 1. The van der Waals surface area contributed by atoms with Crippen LogP contribution in [0.5, 0.6) is 5.88 Å². The number of carbonyl (C=O) groups excluding carboxylic acids is 1. The predicted molar refractivity (Wildman–Crippen MR) is 102 cm³/mol. The molecule has 0 aliphatic heterocycles. The molecule has 0 saturated carbocycles. The van der Waals surface area contributed by atoms with Crippen LogP contribution in [0.4, 0.5) is 22.4 Å². The first-order valence-corrected chi connectivity index (χ1v) is 8.90. The molecule has 0 atom stereocenters. The maximum atomic E-state index is 14.5. The summed E-state index contributed by atoms with van der Waals surface area (Å²) in [4.78, 5) is 27.0. The third-order valence-electron chi connectivity index (χ3n) is 4.05. The van der Waals surface area contributed by atoms with Crippen LogP contribution in [-0.4, -0.2) is 15.6 Å². The number of hydrogen-bond acceptors (Lipinski definition) is 4. The quantitative estimate of drug-likeness (QED) is 0.556. The summed E-state index contributed by atoms with van der Waals surface area (Å²) >= 11 is 5.92. The molecule has 1 aromatic heterocycles. The molecule has 0 radical (unpaired) electrons. The summed E-state index contributed by atoms with van der Waals surface area (Å²) in [5, 5.41) is 1.57. The standard InChI is InChI=1S/C19H13ClF4N4O3/c20-15-17(31-7-10-1-2-11(21)5-12(10)22)27-8-28(18(15)29)16-13(23)3-9(4-14(16)24)6-26-19(25)30/h1-5,8H,6-7H2,(H3,25,26,30). The lowest BCUT2D eigenvalue weighted by atomic mass is 10.2. The zero-order chi connectivity index (χ0) is 22.7. The average Bonchev–Trinajstić information content (AvgIpc) is 2.69. The molecule has 3 aromatic rings. The largest absolute Gasteiger partial charge is 0.471 e. The Morgan fingerprint density at radius 2 is 1.81 bits per heavy atom. The number of benzene rings is 2. The van der Waals surface area contributed by atoms with Crippen molar-refractivity contribution in [2.24, 2.45) is 5.73 Å². The van der Waals surface area contributed by atoms with Gasteiger partial charge in [-0.25, -0.2) is 27.3 Å². The van der Waals surface area contributed by atoms with Crippen LogP contribution in [0, 0.1) is 23.3 Å². The molecule has 1 heterocycles. The van der Waals surface area contributed by atoms with Crippen LogP contribution >= 0.6 is 11.6 Å². The van der Waals surface area contributed by atoms with Gasteiger partial charge in [-0.1, -0.05) is 11.6 Å². The van der Waals surface area contributed by atoms with Crippen LogP contribution in [0.3, 0.4) is 0 Å². The van der Waals surface area contributed by atoms with Crippen LogP contribution in [0.2, 0.25) is 5.02 Å². The van der Waals surface area contributed by atoms with Crippen molar-refractivity contribution in [3.63, 3.8) is 0 Å². The van der Waals surface area contributed by atoms with E-state index in [1.807, 2.05) is 0 Å². The highest BCUT2D eigenvalue weighted by Gasteiger charge is 2.19. The Kier molecular flexibility index (Phi) is 6.44. The first-order chi connectivity index (χ1) is 14.7. The summed E-state index contributed by atoms with van der Waals surface area (Å²) in [6.07, 6.45) is 0.785. The first-order valence-electron chi connectivity index (χ1n) is 8.53. The monoisotopic (exact) mass is 456 g/mol. The van der Waals surface area contributed by atoms with Crippen LogP contribution < -0.4 is 21.3 Å². The van der Waals surface area contributed by atoms with Gasteiger partial charge >= 0.3 is 6.03 Å². The molecule has 0 fully saturated rings. The van der Waals surface area contributed by atoms with Gasteiger partial charge in [-0.15, -0.1) is 0 Å². The Hall–Kier alpha value is -3.60. The fraction of sp³-hybridized carbons (Fsp3) is 0.105. The predicted octanol–water partition coefficient (Wildman–Crippen LogP) is 3.19. The van der Waals surface area contributed by atoms with E-state index in [-0.39, 0.29) is 17.7 Å². The third-order valence-corrected chi connectivity index (χ3v) is 4.37. The fourth-order valence-electron chi connectivity index (χ4n) is 2.60. The maximum Gasteiger partial charge on any atom is 0.312 e. The highest BCUT2D eigenvalue weighted by atomic mass is 35.5. The molecule has 31 heavy (non-hydrogen) atoms. The summed E-state index contributed by atoms with van der Waals surface area (Å²) in [6.45, 7) is -0.656. The lowest BCUT2D eigenvalue weighted by Crippen LogP contribution is -2.29. The number of nitrogens with zero attached hydrogens (tertiary/aromatic N) is 2. The van der Waals surface area contributed by atoms with Gasteiger partial charge < -0.3 is 15.8 Å². The van der Waals surface area contributed by atoms with Crippen molar-refractivity contribution in [3.8, 4) is 11.6 Å². The van der Waals surface area contributed by atoms with Gasteiger partial charge in [0, 0.05) is 18.2 Å². The van der Waals surface area contributed by atoms with E-state index in [9.17, 15) is 27.2 Å². The van der Waals surface area contributed by atoms with Crippen molar-refractivity contribution < 1.29 is 27.1 Å². The number of carbonyl (C=O) groups is 1. The first kappa shape index (κ1) is 22.1. The molecule has 2 aromatic carbocycles. The highest BCUT2D eigenvalue weighted by Crippen LogP contribution is 2.23. The molecule has 2 amide bonds. The second-order valence-corrected chi connectivity index (χ2v) is 6.57. The zero-order valence-electron chi connectivity index (χ0n) is 15.5. The molecule has 0 aliphatic carbocycles. The summed E-state index contributed by atoms with van der Waals surface area (Å²) in [7, 11) is 0. The second-order valence-electron chi connectivity index (χ2n) is 6.19. The van der Waals surface area contributed by atoms with E-state index in [0.717, 1.165) is 30.6 Å². The molecule has 3 N–H and O–H groups in total. The van der Waals surface area contributed by atoms with Crippen molar-refractivity contribution in [2.45, 2.75) is 13.2 Å². The van der Waals surface area contributed by atoms with E-state index in [4.69, 9.17) is 22.1 Å². The lowest BCUT2D eigenvalue weighted by molar-refractivity contribution is 0.248. The van der Waals surface area contributed by atoms with Gasteiger partial charge in [0.2, 0.25) is 5.88 Å². The number of aromatic nitrogens is 2. The van der Waals surface area contributed by atoms with E-state index in [0.29, 0.717) is 10.6 Å². The molecular formula is C19H13ClF4N4O3. The molecule has 12 heteroatoms. The topological polar surface area (TPSA) is 99.2 Å². The second kappa shape index (κ2) is 9.04. The van der Waals surface area contributed by atoms with Gasteiger partial charge in [0.05, 0.1) is 0 Å². The van der Waals surface area contributed by atoms with E-state index in [1.165, 1.54) is 0 Å². The number of nitrogens with one attached hydrogen (secondary N) is 1. The number of nitrogens with two attached hydrogens (primary N) is 1. The van der Waals surface area contributed by atoms with Gasteiger partial charge in [-0.3, -0.25) is 9.36 Å². The van der Waals surface area contributed by atoms with E-state index in [2.05, 4.69) is 10.3 Å². The van der Waals surface area contributed by atoms with Crippen molar-refractivity contribution >= 4 is 17.6 Å².